The average molecular weight is 290 g/mol. The zero-order valence-corrected chi connectivity index (χ0v) is 12.2. The molecule has 4 heteroatoms. The Bertz CT molecular complexity index is 577. The van der Waals surface area contributed by atoms with E-state index in [0.29, 0.717) is 5.75 Å². The second-order valence-electron chi connectivity index (χ2n) is 4.59. The number of fused-ring (bicyclic) bond motifs is 1. The molecule has 1 atom stereocenters. The number of esters is 1. The lowest BCUT2D eigenvalue weighted by atomic mass is 10.1. The molecule has 0 heterocycles. The lowest BCUT2D eigenvalue weighted by Crippen LogP contribution is -2.16. The Morgan fingerprint density at radius 1 is 1.25 bits per heavy atom. The van der Waals surface area contributed by atoms with Crippen LogP contribution >= 0.6 is 11.8 Å². The van der Waals surface area contributed by atoms with Gasteiger partial charge in [-0.15, -0.1) is 0 Å². The van der Waals surface area contributed by atoms with Gasteiger partial charge in [0, 0.05) is 11.5 Å². The molecular weight excluding hydrogens is 272 g/mol. The second kappa shape index (κ2) is 7.31. The van der Waals surface area contributed by atoms with Gasteiger partial charge in [-0.1, -0.05) is 42.5 Å². The fourth-order valence-electron chi connectivity index (χ4n) is 2.06. The lowest BCUT2D eigenvalue weighted by Gasteiger charge is -2.10. The Hall–Kier alpha value is -1.52. The van der Waals surface area contributed by atoms with E-state index in [9.17, 15) is 9.90 Å². The van der Waals surface area contributed by atoms with Crippen LogP contribution in [-0.4, -0.2) is 30.0 Å². The van der Waals surface area contributed by atoms with Gasteiger partial charge in [0.1, 0.15) is 0 Å². The fourth-order valence-corrected chi connectivity index (χ4v) is 3.04. The van der Waals surface area contributed by atoms with Gasteiger partial charge in [0.2, 0.25) is 0 Å². The van der Waals surface area contributed by atoms with E-state index >= 15 is 0 Å². The summed E-state index contributed by atoms with van der Waals surface area (Å²) in [6.07, 6.45) is -0.596. The quantitative estimate of drug-likeness (QED) is 0.831. The third kappa shape index (κ3) is 3.99. The first-order valence-corrected chi connectivity index (χ1v) is 7.65. The molecule has 2 aromatic rings. The van der Waals surface area contributed by atoms with Crippen molar-refractivity contribution in [3.8, 4) is 0 Å². The van der Waals surface area contributed by atoms with Crippen LogP contribution in [0.1, 0.15) is 12.0 Å². The van der Waals surface area contributed by atoms with E-state index in [0.717, 1.165) is 5.75 Å². The van der Waals surface area contributed by atoms with Crippen LogP contribution < -0.4 is 0 Å². The van der Waals surface area contributed by atoms with E-state index in [-0.39, 0.29) is 12.4 Å². The van der Waals surface area contributed by atoms with Crippen LogP contribution in [0, 0.1) is 0 Å². The van der Waals surface area contributed by atoms with Crippen LogP contribution in [-0.2, 0) is 15.3 Å². The maximum Gasteiger partial charge on any atom is 0.308 e. The van der Waals surface area contributed by atoms with E-state index < -0.39 is 6.10 Å². The van der Waals surface area contributed by atoms with E-state index in [1.165, 1.54) is 23.4 Å². The summed E-state index contributed by atoms with van der Waals surface area (Å²) in [5, 5.41) is 12.2. The molecule has 1 N–H and O–H groups in total. The number of hydrogen-bond acceptors (Lipinski definition) is 4. The molecule has 0 radical (unpaired) electrons. The van der Waals surface area contributed by atoms with Crippen LogP contribution in [0.2, 0.25) is 0 Å². The zero-order valence-electron chi connectivity index (χ0n) is 11.4. The zero-order chi connectivity index (χ0) is 14.4. The monoisotopic (exact) mass is 290 g/mol. The number of thioether (sulfide) groups is 1. The smallest absolute Gasteiger partial charge is 0.308 e. The summed E-state index contributed by atoms with van der Waals surface area (Å²) in [7, 11) is 1.33. The first-order chi connectivity index (χ1) is 9.70. The molecule has 0 aliphatic carbocycles. The molecule has 106 valence electrons. The van der Waals surface area contributed by atoms with E-state index in [4.69, 9.17) is 0 Å². The van der Waals surface area contributed by atoms with Gasteiger partial charge in [-0.3, -0.25) is 4.79 Å². The molecule has 0 aliphatic heterocycles. The minimum absolute atomic E-state index is 0.0546. The summed E-state index contributed by atoms with van der Waals surface area (Å²) in [5.74, 6) is 0.973. The number of benzene rings is 2. The summed E-state index contributed by atoms with van der Waals surface area (Å²) >= 11 is 1.62. The highest BCUT2D eigenvalue weighted by Gasteiger charge is 2.11. The Balaban J connectivity index is 1.91. The van der Waals surface area contributed by atoms with Crippen molar-refractivity contribution in [3.63, 3.8) is 0 Å². The first kappa shape index (κ1) is 14.9. The molecule has 0 bridgehead atoms. The summed E-state index contributed by atoms with van der Waals surface area (Å²) in [4.78, 5) is 11.0. The largest absolute Gasteiger partial charge is 0.469 e. The van der Waals surface area contributed by atoms with Crippen LogP contribution in [0.4, 0.5) is 0 Å². The van der Waals surface area contributed by atoms with Gasteiger partial charge in [-0.2, -0.15) is 11.8 Å². The molecule has 2 aromatic carbocycles. The summed E-state index contributed by atoms with van der Waals surface area (Å²) in [5.41, 5.74) is 1.25. The normalized spacial score (nSPS) is 12.3. The Morgan fingerprint density at radius 3 is 2.80 bits per heavy atom. The molecular formula is C16H18O3S. The Morgan fingerprint density at radius 2 is 2.00 bits per heavy atom. The van der Waals surface area contributed by atoms with E-state index in [1.54, 1.807) is 11.8 Å². The van der Waals surface area contributed by atoms with Crippen molar-refractivity contribution in [1.82, 2.24) is 0 Å². The van der Waals surface area contributed by atoms with Crippen LogP contribution in [0.5, 0.6) is 0 Å². The molecule has 0 unspecified atom stereocenters. The van der Waals surface area contributed by atoms with Gasteiger partial charge in [-0.05, 0) is 16.3 Å². The van der Waals surface area contributed by atoms with Gasteiger partial charge in [0.05, 0.1) is 19.6 Å². The predicted molar refractivity (Wildman–Crippen MR) is 82.7 cm³/mol. The number of methoxy groups -OCH3 is 1. The molecule has 2 rings (SSSR count). The van der Waals surface area contributed by atoms with Crippen molar-refractivity contribution in [2.75, 3.05) is 12.9 Å². The summed E-state index contributed by atoms with van der Waals surface area (Å²) < 4.78 is 4.53. The molecule has 0 spiro atoms. The number of carbonyl (C=O) groups is 1. The summed E-state index contributed by atoms with van der Waals surface area (Å²) in [6, 6.07) is 14.5. The van der Waals surface area contributed by atoms with Crippen LogP contribution in [0.15, 0.2) is 42.5 Å². The third-order valence-electron chi connectivity index (χ3n) is 3.08. The van der Waals surface area contributed by atoms with Gasteiger partial charge >= 0.3 is 5.97 Å². The maximum absolute atomic E-state index is 11.0. The SMILES string of the molecule is COC(=O)C[C@@H](O)CSCc1cccc2ccccc12. The van der Waals surface area contributed by atoms with Gasteiger partial charge in [-0.25, -0.2) is 0 Å². The number of aliphatic hydroxyl groups excluding tert-OH is 1. The highest BCUT2D eigenvalue weighted by molar-refractivity contribution is 7.98. The predicted octanol–water partition coefficient (Wildman–Crippen LogP) is 3.00. The molecule has 0 saturated carbocycles. The maximum atomic E-state index is 11.0. The minimum atomic E-state index is -0.651. The highest BCUT2D eigenvalue weighted by atomic mass is 32.2. The fraction of sp³-hybridized carbons (Fsp3) is 0.312. The molecule has 0 aliphatic rings. The Kier molecular flexibility index (Phi) is 5.44. The number of aliphatic hydroxyl groups is 1. The number of hydrogen-bond donors (Lipinski definition) is 1. The van der Waals surface area contributed by atoms with Crippen LogP contribution in [0.3, 0.4) is 0 Å². The van der Waals surface area contributed by atoms with Crippen molar-refractivity contribution in [3.05, 3.63) is 48.0 Å². The average Bonchev–Trinajstić information content (AvgIpc) is 2.47. The van der Waals surface area contributed by atoms with Crippen molar-refractivity contribution >= 4 is 28.5 Å². The lowest BCUT2D eigenvalue weighted by molar-refractivity contribution is -0.142. The second-order valence-corrected chi connectivity index (χ2v) is 5.62. The third-order valence-corrected chi connectivity index (χ3v) is 4.21. The Labute approximate surface area is 122 Å². The van der Waals surface area contributed by atoms with E-state index in [2.05, 4.69) is 29.0 Å². The molecule has 0 amide bonds. The highest BCUT2D eigenvalue weighted by Crippen LogP contribution is 2.23. The van der Waals surface area contributed by atoms with Gasteiger partial charge in [0.25, 0.3) is 0 Å². The van der Waals surface area contributed by atoms with Crippen molar-refractivity contribution < 1.29 is 14.6 Å². The number of ether oxygens (including phenoxy) is 1. The molecule has 0 aromatic heterocycles. The van der Waals surface area contributed by atoms with Gasteiger partial charge in [0.15, 0.2) is 0 Å². The standard InChI is InChI=1S/C16H18O3S/c1-19-16(18)9-14(17)11-20-10-13-7-4-6-12-5-2-3-8-15(12)13/h2-8,14,17H,9-11H2,1H3/t14-/m1/s1. The van der Waals surface area contributed by atoms with Crippen molar-refractivity contribution in [1.29, 1.82) is 0 Å². The molecule has 0 saturated heterocycles. The topological polar surface area (TPSA) is 46.5 Å². The van der Waals surface area contributed by atoms with Gasteiger partial charge < -0.3 is 9.84 Å². The number of rotatable bonds is 6. The molecule has 20 heavy (non-hydrogen) atoms. The first-order valence-electron chi connectivity index (χ1n) is 6.50. The summed E-state index contributed by atoms with van der Waals surface area (Å²) in [6.45, 7) is 0. The number of carbonyl (C=O) groups excluding carboxylic acids is 1. The van der Waals surface area contributed by atoms with E-state index in [1.807, 2.05) is 18.2 Å². The van der Waals surface area contributed by atoms with Crippen molar-refractivity contribution in [2.45, 2.75) is 18.3 Å². The minimum Gasteiger partial charge on any atom is -0.469 e. The molecule has 3 nitrogen and oxygen atoms in total. The van der Waals surface area contributed by atoms with Crippen LogP contribution in [0.25, 0.3) is 10.8 Å². The molecule has 0 fully saturated rings. The van der Waals surface area contributed by atoms with Crippen molar-refractivity contribution in [2.24, 2.45) is 0 Å².